The van der Waals surface area contributed by atoms with Gasteiger partial charge in [0.25, 0.3) is 0 Å². The minimum absolute atomic E-state index is 0.0367. The number of phenols is 1. The topological polar surface area (TPSA) is 40.5 Å². The molecule has 20 heavy (non-hydrogen) atoms. The third-order valence-corrected chi connectivity index (χ3v) is 4.05. The molecule has 2 rings (SSSR count). The van der Waals surface area contributed by atoms with Gasteiger partial charge in [-0.1, -0.05) is 54.0 Å². The zero-order valence-corrected chi connectivity index (χ0v) is 13.3. The van der Waals surface area contributed by atoms with Gasteiger partial charge in [-0.25, -0.2) is 0 Å². The predicted molar refractivity (Wildman–Crippen MR) is 85.3 cm³/mol. The molecule has 0 aliphatic heterocycles. The maximum absolute atomic E-state index is 10.0. The van der Waals surface area contributed by atoms with E-state index in [2.05, 4.69) is 41.9 Å². The first-order valence-corrected chi connectivity index (χ1v) is 7.51. The highest BCUT2D eigenvalue weighted by Gasteiger charge is 2.17. The molecule has 0 fully saturated rings. The Morgan fingerprint density at radius 1 is 1.00 bits per heavy atom. The smallest absolute Gasteiger partial charge is 0.119 e. The van der Waals surface area contributed by atoms with Gasteiger partial charge in [0, 0.05) is 16.0 Å². The van der Waals surface area contributed by atoms with Gasteiger partial charge in [-0.15, -0.1) is 0 Å². The van der Waals surface area contributed by atoms with Crippen LogP contribution in [0.3, 0.4) is 0 Å². The summed E-state index contributed by atoms with van der Waals surface area (Å²) in [4.78, 5) is 0. The Balaban J connectivity index is 2.39. The predicted octanol–water partition coefficient (Wildman–Crippen LogP) is 4.40. The molecule has 0 spiro atoms. The van der Waals surface area contributed by atoms with Crippen LogP contribution in [0.1, 0.15) is 42.4 Å². The Labute approximate surface area is 128 Å². The van der Waals surface area contributed by atoms with Crippen molar-refractivity contribution in [2.45, 2.75) is 25.7 Å². The summed E-state index contributed by atoms with van der Waals surface area (Å²) in [7, 11) is 0. The minimum atomic E-state index is -0.214. The number of rotatable bonds is 4. The van der Waals surface area contributed by atoms with Crippen molar-refractivity contribution in [1.82, 2.24) is 0 Å². The summed E-state index contributed by atoms with van der Waals surface area (Å²) >= 11 is 3.40. The van der Waals surface area contributed by atoms with Crippen molar-refractivity contribution >= 4 is 15.9 Å². The van der Waals surface area contributed by atoms with Gasteiger partial charge in [-0.05, 0) is 35.2 Å². The van der Waals surface area contributed by atoms with E-state index in [1.807, 2.05) is 18.2 Å². The van der Waals surface area contributed by atoms with Crippen LogP contribution in [0.15, 0.2) is 46.9 Å². The van der Waals surface area contributed by atoms with E-state index in [0.29, 0.717) is 5.92 Å². The summed E-state index contributed by atoms with van der Waals surface area (Å²) in [5, 5.41) is 19.7. The van der Waals surface area contributed by atoms with Crippen molar-refractivity contribution in [3.05, 3.63) is 63.6 Å². The second-order valence-corrected chi connectivity index (χ2v) is 6.18. The fourth-order valence-electron chi connectivity index (χ4n) is 2.30. The Hall–Kier alpha value is -1.32. The average Bonchev–Trinajstić information content (AvgIpc) is 2.44. The lowest BCUT2D eigenvalue weighted by atomic mass is 9.90. The van der Waals surface area contributed by atoms with Crippen LogP contribution < -0.4 is 0 Å². The Bertz CT molecular complexity index is 576. The summed E-state index contributed by atoms with van der Waals surface area (Å²) in [6, 6.07) is 13.5. The number of hydrogen-bond acceptors (Lipinski definition) is 2. The summed E-state index contributed by atoms with van der Waals surface area (Å²) in [6.45, 7) is 4.27. The SMILES string of the molecule is CC(C)c1ccc([C@@H](CO)c2cc(Br)ccc2O)cc1. The van der Waals surface area contributed by atoms with E-state index in [1.54, 1.807) is 12.1 Å². The molecule has 2 nitrogen and oxygen atoms in total. The van der Waals surface area contributed by atoms with E-state index in [4.69, 9.17) is 0 Å². The van der Waals surface area contributed by atoms with Crippen molar-refractivity contribution < 1.29 is 10.2 Å². The van der Waals surface area contributed by atoms with Crippen LogP contribution in [0, 0.1) is 0 Å². The van der Waals surface area contributed by atoms with E-state index < -0.39 is 0 Å². The number of phenolic OH excluding ortho intramolecular Hbond substituents is 1. The van der Waals surface area contributed by atoms with Crippen molar-refractivity contribution in [3.8, 4) is 5.75 Å². The molecule has 106 valence electrons. The fourth-order valence-corrected chi connectivity index (χ4v) is 2.68. The lowest BCUT2D eigenvalue weighted by Gasteiger charge is -2.18. The minimum Gasteiger partial charge on any atom is -0.508 e. The summed E-state index contributed by atoms with van der Waals surface area (Å²) in [6.07, 6.45) is 0. The number of aliphatic hydroxyl groups is 1. The molecule has 0 aliphatic carbocycles. The Kier molecular flexibility index (Phi) is 4.84. The highest BCUT2D eigenvalue weighted by atomic mass is 79.9. The highest BCUT2D eigenvalue weighted by Crippen LogP contribution is 2.33. The number of benzene rings is 2. The van der Waals surface area contributed by atoms with Crippen molar-refractivity contribution in [1.29, 1.82) is 0 Å². The molecular weight excluding hydrogens is 316 g/mol. The molecule has 0 saturated heterocycles. The lowest BCUT2D eigenvalue weighted by Crippen LogP contribution is -2.06. The van der Waals surface area contributed by atoms with Gasteiger partial charge in [0.15, 0.2) is 0 Å². The van der Waals surface area contributed by atoms with E-state index in [9.17, 15) is 10.2 Å². The van der Waals surface area contributed by atoms with Gasteiger partial charge in [0.1, 0.15) is 5.75 Å². The maximum Gasteiger partial charge on any atom is 0.119 e. The summed E-state index contributed by atoms with van der Waals surface area (Å²) < 4.78 is 0.891. The average molecular weight is 335 g/mol. The second-order valence-electron chi connectivity index (χ2n) is 5.26. The second kappa shape index (κ2) is 6.42. The van der Waals surface area contributed by atoms with Crippen molar-refractivity contribution in [3.63, 3.8) is 0 Å². The third kappa shape index (κ3) is 3.22. The zero-order valence-electron chi connectivity index (χ0n) is 11.7. The molecule has 2 N–H and O–H groups in total. The lowest BCUT2D eigenvalue weighted by molar-refractivity contribution is 0.278. The zero-order chi connectivity index (χ0) is 14.7. The molecule has 0 saturated carbocycles. The van der Waals surface area contributed by atoms with Gasteiger partial charge in [0.05, 0.1) is 6.61 Å². The van der Waals surface area contributed by atoms with Gasteiger partial charge in [-0.3, -0.25) is 0 Å². The number of halogens is 1. The molecule has 0 aliphatic rings. The van der Waals surface area contributed by atoms with Crippen molar-refractivity contribution in [2.24, 2.45) is 0 Å². The van der Waals surface area contributed by atoms with Crippen LogP contribution in [0.4, 0.5) is 0 Å². The first-order chi connectivity index (χ1) is 9.52. The molecule has 0 bridgehead atoms. The Morgan fingerprint density at radius 3 is 2.15 bits per heavy atom. The molecule has 0 amide bonds. The molecule has 0 aromatic heterocycles. The van der Waals surface area contributed by atoms with Crippen LogP contribution in [0.25, 0.3) is 0 Å². The van der Waals surface area contributed by atoms with Gasteiger partial charge in [0.2, 0.25) is 0 Å². The molecule has 0 heterocycles. The largest absolute Gasteiger partial charge is 0.508 e. The van der Waals surface area contributed by atoms with Crippen molar-refractivity contribution in [2.75, 3.05) is 6.61 Å². The van der Waals surface area contributed by atoms with E-state index in [-0.39, 0.29) is 18.3 Å². The van der Waals surface area contributed by atoms with Crippen LogP contribution >= 0.6 is 15.9 Å². The van der Waals surface area contributed by atoms with Crippen LogP contribution in [-0.4, -0.2) is 16.8 Å². The monoisotopic (exact) mass is 334 g/mol. The highest BCUT2D eigenvalue weighted by molar-refractivity contribution is 9.10. The van der Waals surface area contributed by atoms with Gasteiger partial charge >= 0.3 is 0 Å². The number of aromatic hydroxyl groups is 1. The first-order valence-electron chi connectivity index (χ1n) is 6.72. The van der Waals surface area contributed by atoms with Crippen LogP contribution in [-0.2, 0) is 0 Å². The van der Waals surface area contributed by atoms with E-state index in [0.717, 1.165) is 15.6 Å². The van der Waals surface area contributed by atoms with Gasteiger partial charge < -0.3 is 10.2 Å². The molecule has 1 atom stereocenters. The molecule has 0 unspecified atom stereocenters. The van der Waals surface area contributed by atoms with Crippen LogP contribution in [0.5, 0.6) is 5.75 Å². The van der Waals surface area contributed by atoms with Gasteiger partial charge in [-0.2, -0.15) is 0 Å². The number of aliphatic hydroxyl groups excluding tert-OH is 1. The third-order valence-electron chi connectivity index (χ3n) is 3.55. The molecule has 3 heteroatoms. The summed E-state index contributed by atoms with van der Waals surface area (Å²) in [5.74, 6) is 0.477. The van der Waals surface area contributed by atoms with E-state index >= 15 is 0 Å². The first kappa shape index (κ1) is 15.1. The molecule has 2 aromatic carbocycles. The fraction of sp³-hybridized carbons (Fsp3) is 0.294. The Morgan fingerprint density at radius 2 is 1.60 bits per heavy atom. The summed E-state index contributed by atoms with van der Waals surface area (Å²) in [5.41, 5.74) is 3.01. The molecular formula is C17H19BrO2. The van der Waals surface area contributed by atoms with E-state index in [1.165, 1.54) is 5.56 Å². The normalized spacial score (nSPS) is 12.7. The molecule has 0 radical (unpaired) electrons. The maximum atomic E-state index is 10.0. The standard InChI is InChI=1S/C17H19BrO2/c1-11(2)12-3-5-13(6-4-12)16(10-19)15-9-14(18)7-8-17(15)20/h3-9,11,16,19-20H,10H2,1-2H3/t16-/m1/s1. The molecule has 2 aromatic rings. The van der Waals surface area contributed by atoms with Crippen LogP contribution in [0.2, 0.25) is 0 Å². The number of hydrogen-bond donors (Lipinski definition) is 2. The quantitative estimate of drug-likeness (QED) is 0.869.